The monoisotopic (exact) mass is 187 g/mol. The lowest BCUT2D eigenvalue weighted by atomic mass is 9.87. The van der Waals surface area contributed by atoms with Gasteiger partial charge in [-0.1, -0.05) is 46.1 Å². The first kappa shape index (κ1) is 10.7. The molecule has 1 heteroatoms. The van der Waals surface area contributed by atoms with Gasteiger partial charge in [0.05, 0.1) is 0 Å². The van der Waals surface area contributed by atoms with Gasteiger partial charge in [-0.05, 0) is 21.4 Å². The highest BCUT2D eigenvalue weighted by molar-refractivity contribution is 5.38. The smallest absolute Gasteiger partial charge is 0.0346 e. The number of hydrogen-bond acceptors (Lipinski definition) is 1. The summed E-state index contributed by atoms with van der Waals surface area (Å²) in [6.45, 7) is 14.3. The number of aromatic nitrogens is 1. The Balaban J connectivity index is 3.52. The van der Waals surface area contributed by atoms with Gasteiger partial charge in [0.2, 0.25) is 0 Å². The molecule has 14 heavy (non-hydrogen) atoms. The average molecular weight is 187 g/mol. The molecule has 0 aromatic carbocycles. The van der Waals surface area contributed by atoms with Gasteiger partial charge >= 0.3 is 0 Å². The summed E-state index contributed by atoms with van der Waals surface area (Å²) >= 11 is 0. The molecule has 0 aliphatic rings. The van der Waals surface area contributed by atoms with Crippen molar-refractivity contribution in [3.05, 3.63) is 41.0 Å². The summed E-state index contributed by atoms with van der Waals surface area (Å²) in [6.07, 6.45) is 7.41. The molecule has 0 fully saturated rings. The highest BCUT2D eigenvalue weighted by atomic mass is 14.6. The zero-order valence-corrected chi connectivity index (χ0v) is 9.17. The molecule has 0 unspecified atom stereocenters. The summed E-state index contributed by atoms with van der Waals surface area (Å²) in [5, 5.41) is 2.10. The van der Waals surface area contributed by atoms with Crippen LogP contribution in [0.4, 0.5) is 0 Å². The second-order valence-electron chi connectivity index (χ2n) is 4.41. The van der Waals surface area contributed by atoms with Crippen LogP contribution in [-0.4, -0.2) is 4.98 Å². The van der Waals surface area contributed by atoms with E-state index >= 15 is 0 Å². The standard InChI is InChI=1S/C13H17N/c1-6-7-11-8-14-9-12(10(11)2)13(3,4)5/h6-9H,1-2H2,3-5H3/b11-7-. The van der Waals surface area contributed by atoms with E-state index in [2.05, 4.69) is 38.9 Å². The summed E-state index contributed by atoms with van der Waals surface area (Å²) in [5.41, 5.74) is 1.28. The summed E-state index contributed by atoms with van der Waals surface area (Å²) in [7, 11) is 0. The number of allylic oxidation sites excluding steroid dienone is 1. The minimum Gasteiger partial charge on any atom is -0.264 e. The largest absolute Gasteiger partial charge is 0.264 e. The Hall–Kier alpha value is -1.37. The van der Waals surface area contributed by atoms with Gasteiger partial charge in [-0.25, -0.2) is 0 Å². The summed E-state index contributed by atoms with van der Waals surface area (Å²) in [5.74, 6) is 0. The van der Waals surface area contributed by atoms with Crippen LogP contribution in [-0.2, 0) is 5.41 Å². The molecule has 1 nitrogen and oxygen atoms in total. The zero-order valence-electron chi connectivity index (χ0n) is 9.17. The highest BCUT2D eigenvalue weighted by Gasteiger charge is 2.14. The Morgan fingerprint density at radius 1 is 1.29 bits per heavy atom. The molecule has 0 bridgehead atoms. The van der Waals surface area contributed by atoms with Gasteiger partial charge in [0.15, 0.2) is 0 Å². The zero-order chi connectivity index (χ0) is 10.8. The van der Waals surface area contributed by atoms with Crippen molar-refractivity contribution in [3.63, 3.8) is 0 Å². The third-order valence-electron chi connectivity index (χ3n) is 2.20. The molecule has 1 aromatic rings. The van der Waals surface area contributed by atoms with Crippen LogP contribution >= 0.6 is 0 Å². The third-order valence-corrected chi connectivity index (χ3v) is 2.20. The molecular weight excluding hydrogens is 170 g/mol. The molecule has 0 saturated carbocycles. The Morgan fingerprint density at radius 2 is 1.93 bits per heavy atom. The second-order valence-corrected chi connectivity index (χ2v) is 4.41. The SMILES string of the molecule is C=C/C=c1/cncc(C(C)(C)C)c1=C. The van der Waals surface area contributed by atoms with Crippen LogP contribution in [0.3, 0.4) is 0 Å². The lowest BCUT2D eigenvalue weighted by Crippen LogP contribution is -2.33. The first-order chi connectivity index (χ1) is 6.46. The van der Waals surface area contributed by atoms with E-state index in [0.717, 1.165) is 10.4 Å². The van der Waals surface area contributed by atoms with Crippen molar-refractivity contribution in [2.75, 3.05) is 0 Å². The van der Waals surface area contributed by atoms with E-state index in [-0.39, 0.29) is 5.41 Å². The van der Waals surface area contributed by atoms with Crippen LogP contribution in [0.5, 0.6) is 0 Å². The first-order valence-corrected chi connectivity index (χ1v) is 4.73. The Morgan fingerprint density at radius 3 is 2.43 bits per heavy atom. The highest BCUT2D eigenvalue weighted by Crippen LogP contribution is 2.16. The molecule has 1 rings (SSSR count). The van der Waals surface area contributed by atoms with Crippen LogP contribution in [0, 0.1) is 0 Å². The van der Waals surface area contributed by atoms with Gasteiger partial charge in [0, 0.05) is 12.4 Å². The van der Waals surface area contributed by atoms with Gasteiger partial charge in [-0.3, -0.25) is 4.98 Å². The fourth-order valence-corrected chi connectivity index (χ4v) is 1.42. The predicted octanol–water partition coefficient (Wildman–Crippen LogP) is 1.76. The fourth-order valence-electron chi connectivity index (χ4n) is 1.42. The van der Waals surface area contributed by atoms with Gasteiger partial charge in [0.1, 0.15) is 0 Å². The summed E-state index contributed by atoms with van der Waals surface area (Å²) in [4.78, 5) is 4.21. The molecular formula is C13H17N. The van der Waals surface area contributed by atoms with Crippen molar-refractivity contribution in [1.82, 2.24) is 4.98 Å². The number of nitrogens with zero attached hydrogens (tertiary/aromatic N) is 1. The summed E-state index contributed by atoms with van der Waals surface area (Å²) in [6, 6.07) is 0. The third kappa shape index (κ3) is 2.11. The van der Waals surface area contributed by atoms with E-state index < -0.39 is 0 Å². The van der Waals surface area contributed by atoms with E-state index in [1.54, 1.807) is 6.08 Å². The maximum atomic E-state index is 4.21. The Labute approximate surface area is 85.5 Å². The Kier molecular flexibility index (Phi) is 2.90. The van der Waals surface area contributed by atoms with Crippen LogP contribution in [0.1, 0.15) is 26.3 Å². The molecule has 0 saturated heterocycles. The normalized spacial score (nSPS) is 12.9. The van der Waals surface area contributed by atoms with Crippen molar-refractivity contribution in [2.24, 2.45) is 0 Å². The number of hydrogen-bond donors (Lipinski definition) is 0. The quantitative estimate of drug-likeness (QED) is 0.653. The van der Waals surface area contributed by atoms with Crippen molar-refractivity contribution < 1.29 is 0 Å². The fraction of sp³-hybridized carbons (Fsp3) is 0.308. The van der Waals surface area contributed by atoms with Crippen molar-refractivity contribution in [3.8, 4) is 0 Å². The molecule has 0 amide bonds. The van der Waals surface area contributed by atoms with Gasteiger partial charge in [0.25, 0.3) is 0 Å². The van der Waals surface area contributed by atoms with Crippen LogP contribution in [0.25, 0.3) is 12.7 Å². The van der Waals surface area contributed by atoms with Crippen LogP contribution < -0.4 is 10.4 Å². The minimum absolute atomic E-state index is 0.0924. The van der Waals surface area contributed by atoms with E-state index in [0.29, 0.717) is 0 Å². The molecule has 1 heterocycles. The lowest BCUT2D eigenvalue weighted by Gasteiger charge is -2.18. The van der Waals surface area contributed by atoms with E-state index in [9.17, 15) is 0 Å². The van der Waals surface area contributed by atoms with Gasteiger partial charge in [-0.2, -0.15) is 0 Å². The molecule has 0 N–H and O–H groups in total. The molecule has 0 atom stereocenters. The van der Waals surface area contributed by atoms with Crippen molar-refractivity contribution >= 4 is 12.7 Å². The molecule has 74 valence electrons. The van der Waals surface area contributed by atoms with Crippen molar-refractivity contribution in [1.29, 1.82) is 0 Å². The number of pyridine rings is 1. The minimum atomic E-state index is 0.0924. The Bertz CT molecular complexity index is 435. The molecule has 0 radical (unpaired) electrons. The first-order valence-electron chi connectivity index (χ1n) is 4.73. The molecule has 0 aliphatic carbocycles. The topological polar surface area (TPSA) is 12.9 Å². The molecule has 1 aromatic heterocycles. The van der Waals surface area contributed by atoms with Gasteiger partial charge in [-0.15, -0.1) is 0 Å². The lowest BCUT2D eigenvalue weighted by molar-refractivity contribution is 0.582. The van der Waals surface area contributed by atoms with E-state index in [1.807, 2.05) is 18.5 Å². The summed E-state index contributed by atoms with van der Waals surface area (Å²) < 4.78 is 0. The van der Waals surface area contributed by atoms with Gasteiger partial charge < -0.3 is 0 Å². The second kappa shape index (κ2) is 3.79. The average Bonchev–Trinajstić information content (AvgIpc) is 2.07. The van der Waals surface area contributed by atoms with E-state index in [1.165, 1.54) is 5.56 Å². The molecule has 0 aliphatic heterocycles. The van der Waals surface area contributed by atoms with Crippen molar-refractivity contribution in [2.45, 2.75) is 26.2 Å². The molecule has 0 spiro atoms. The van der Waals surface area contributed by atoms with Crippen LogP contribution in [0.2, 0.25) is 0 Å². The number of rotatable bonds is 1. The van der Waals surface area contributed by atoms with E-state index in [4.69, 9.17) is 0 Å². The predicted molar refractivity (Wildman–Crippen MR) is 62.4 cm³/mol. The maximum absolute atomic E-state index is 4.21. The van der Waals surface area contributed by atoms with Crippen LogP contribution in [0.15, 0.2) is 25.0 Å². The maximum Gasteiger partial charge on any atom is 0.0346 e.